The number of urea groups is 1. The van der Waals surface area contributed by atoms with Crippen molar-refractivity contribution >= 4 is 18.0 Å². The number of nitrogens with one attached hydrogen (secondary N) is 3. The number of aliphatic hydroxyl groups excluding tert-OH is 3. The molecule has 12 nitrogen and oxygen atoms in total. The predicted octanol–water partition coefficient (Wildman–Crippen LogP) is 7.86. The van der Waals surface area contributed by atoms with E-state index in [1.165, 1.54) is 108 Å². The van der Waals surface area contributed by atoms with Crippen molar-refractivity contribution in [3.8, 4) is 0 Å². The largest absolute Gasteiger partial charge is 0.445 e. The summed E-state index contributed by atoms with van der Waals surface area (Å²) in [6, 6.07) is 6.43. The number of amides is 4. The van der Waals surface area contributed by atoms with Gasteiger partial charge in [0, 0.05) is 13.1 Å². The van der Waals surface area contributed by atoms with Crippen molar-refractivity contribution < 1.29 is 39.2 Å². The zero-order valence-electron chi connectivity index (χ0n) is 35.1. The molecule has 2 rings (SSSR count). The van der Waals surface area contributed by atoms with Crippen molar-refractivity contribution in [3.05, 3.63) is 35.9 Å². The lowest BCUT2D eigenvalue weighted by Gasteiger charge is -2.46. The summed E-state index contributed by atoms with van der Waals surface area (Å²) in [5.41, 5.74) is 0.789. The van der Waals surface area contributed by atoms with Crippen molar-refractivity contribution in [2.75, 3.05) is 19.7 Å². The molecule has 6 N–H and O–H groups in total. The fraction of sp³-hybridized carbons (Fsp3) is 0.795. The zero-order chi connectivity index (χ0) is 40.8. The topological polar surface area (TPSA) is 170 Å². The number of ether oxygens (including phenoxy) is 2. The number of rotatable bonds is 31. The highest BCUT2D eigenvalue weighted by molar-refractivity contribution is 5.85. The maximum Gasteiger partial charge on any atom is 0.408 e. The number of hydrogen-bond acceptors (Lipinski definition) is 8. The first-order chi connectivity index (χ1) is 27.2. The number of benzene rings is 1. The van der Waals surface area contributed by atoms with Crippen LogP contribution in [-0.4, -0.2) is 94.6 Å². The highest BCUT2D eigenvalue weighted by atomic mass is 16.6. The normalized spacial score (nSPS) is 19.9. The Morgan fingerprint density at radius 3 is 1.75 bits per heavy atom. The van der Waals surface area contributed by atoms with E-state index in [0.717, 1.165) is 44.1 Å². The summed E-state index contributed by atoms with van der Waals surface area (Å²) < 4.78 is 11.4. The standard InChI is InChI=1S/C44H78N4O8/c1-4-6-8-10-12-14-16-17-19-21-23-28-32-48(43(53)45-31-27-22-20-18-15-13-11-9-7-5-2)42-38(40(51)39(50)37(33-49)56-42)47-41(52)35(3)46-44(54)55-34-36-29-25-24-26-30-36/h24-26,29-30,35,37-40,42,49-51H,4-23,27-28,31-34H2,1-3H3,(H,45,53)(H,46,54)(H,47,52)/t35-,37+,38+,39+,40+,42+/m0/s1. The molecule has 322 valence electrons. The van der Waals surface area contributed by atoms with E-state index in [4.69, 9.17) is 9.47 Å². The van der Waals surface area contributed by atoms with Crippen LogP contribution in [0.15, 0.2) is 30.3 Å². The average Bonchev–Trinajstić information content (AvgIpc) is 3.20. The summed E-state index contributed by atoms with van der Waals surface area (Å²) >= 11 is 0. The number of carbonyl (C=O) groups excluding carboxylic acids is 3. The van der Waals surface area contributed by atoms with Crippen molar-refractivity contribution in [1.82, 2.24) is 20.9 Å². The lowest BCUT2D eigenvalue weighted by molar-refractivity contribution is -0.224. The van der Waals surface area contributed by atoms with Gasteiger partial charge in [-0.05, 0) is 25.3 Å². The van der Waals surface area contributed by atoms with Gasteiger partial charge in [-0.25, -0.2) is 9.59 Å². The van der Waals surface area contributed by atoms with E-state index in [2.05, 4.69) is 29.8 Å². The minimum absolute atomic E-state index is 0.0231. The average molecular weight is 791 g/mol. The first-order valence-electron chi connectivity index (χ1n) is 22.2. The lowest BCUT2D eigenvalue weighted by atomic mass is 9.94. The van der Waals surface area contributed by atoms with Gasteiger partial charge >= 0.3 is 12.1 Å². The molecule has 1 aliphatic rings. The van der Waals surface area contributed by atoms with Crippen molar-refractivity contribution in [2.24, 2.45) is 0 Å². The van der Waals surface area contributed by atoms with Crippen LogP contribution in [0.5, 0.6) is 0 Å². The number of aliphatic hydroxyl groups is 3. The van der Waals surface area contributed by atoms with Crippen LogP contribution in [0.2, 0.25) is 0 Å². The van der Waals surface area contributed by atoms with E-state index in [9.17, 15) is 29.7 Å². The lowest BCUT2D eigenvalue weighted by Crippen LogP contribution is -2.70. The molecule has 1 fully saturated rings. The van der Waals surface area contributed by atoms with Gasteiger partial charge in [-0.3, -0.25) is 9.69 Å². The molecule has 6 atom stereocenters. The Balaban J connectivity index is 2.02. The second kappa shape index (κ2) is 31.1. The van der Waals surface area contributed by atoms with E-state index in [1.54, 1.807) is 0 Å². The molecule has 0 unspecified atom stereocenters. The third-order valence-electron chi connectivity index (χ3n) is 10.8. The van der Waals surface area contributed by atoms with E-state index in [-0.39, 0.29) is 6.61 Å². The summed E-state index contributed by atoms with van der Waals surface area (Å²) in [6.45, 7) is 6.12. The monoisotopic (exact) mass is 791 g/mol. The zero-order valence-corrected chi connectivity index (χ0v) is 35.1. The summed E-state index contributed by atoms with van der Waals surface area (Å²) in [7, 11) is 0. The molecule has 4 amide bonds. The molecule has 1 aromatic rings. The first-order valence-corrected chi connectivity index (χ1v) is 22.2. The Hall–Kier alpha value is -2.93. The predicted molar refractivity (Wildman–Crippen MR) is 222 cm³/mol. The van der Waals surface area contributed by atoms with Crippen molar-refractivity contribution in [3.63, 3.8) is 0 Å². The Labute approximate surface area is 338 Å². The molecule has 1 aliphatic heterocycles. The van der Waals surface area contributed by atoms with E-state index in [0.29, 0.717) is 19.5 Å². The van der Waals surface area contributed by atoms with Gasteiger partial charge in [0.15, 0.2) is 6.23 Å². The van der Waals surface area contributed by atoms with Crippen molar-refractivity contribution in [2.45, 2.75) is 205 Å². The quantitative estimate of drug-likeness (QED) is 0.0413. The molecule has 0 aromatic heterocycles. The van der Waals surface area contributed by atoms with Crippen LogP contribution in [-0.2, 0) is 20.9 Å². The molecule has 1 heterocycles. The number of alkyl carbamates (subject to hydrolysis) is 1. The van der Waals surface area contributed by atoms with Gasteiger partial charge in [0.2, 0.25) is 5.91 Å². The second-order valence-electron chi connectivity index (χ2n) is 15.7. The minimum atomic E-state index is -1.56. The molecule has 56 heavy (non-hydrogen) atoms. The Bertz CT molecular complexity index is 1160. The van der Waals surface area contributed by atoms with E-state index in [1.807, 2.05) is 30.3 Å². The second-order valence-corrected chi connectivity index (χ2v) is 15.7. The van der Waals surface area contributed by atoms with Gasteiger partial charge in [-0.2, -0.15) is 0 Å². The molecule has 1 aromatic carbocycles. The van der Waals surface area contributed by atoms with Gasteiger partial charge in [0.05, 0.1) is 6.61 Å². The number of carbonyl (C=O) groups is 3. The minimum Gasteiger partial charge on any atom is -0.445 e. The molecule has 1 saturated heterocycles. The maximum atomic E-state index is 13.9. The van der Waals surface area contributed by atoms with E-state index < -0.39 is 61.3 Å². The highest BCUT2D eigenvalue weighted by Crippen LogP contribution is 2.25. The van der Waals surface area contributed by atoms with Gasteiger partial charge in [-0.1, -0.05) is 173 Å². The van der Waals surface area contributed by atoms with Crippen molar-refractivity contribution in [1.29, 1.82) is 0 Å². The fourth-order valence-electron chi connectivity index (χ4n) is 7.19. The molecule has 0 spiro atoms. The van der Waals surface area contributed by atoms with Crippen LogP contribution < -0.4 is 16.0 Å². The van der Waals surface area contributed by atoms with E-state index >= 15 is 0 Å². The van der Waals surface area contributed by atoms with Gasteiger partial charge in [-0.15, -0.1) is 0 Å². The summed E-state index contributed by atoms with van der Waals surface area (Å²) in [6.07, 6.45) is 19.4. The summed E-state index contributed by atoms with van der Waals surface area (Å²) in [5, 5.41) is 40.4. The Morgan fingerprint density at radius 2 is 1.23 bits per heavy atom. The summed E-state index contributed by atoms with van der Waals surface area (Å²) in [4.78, 5) is 41.3. The molecule has 0 saturated carbocycles. The Morgan fingerprint density at radius 1 is 0.732 bits per heavy atom. The SMILES string of the molecule is CCCCCCCCCCCCCCN(C(=O)NCCCCCCCCCCCC)[C@@H]1O[C@H](CO)[C@@H](O)[C@H](O)[C@H]1NC(=O)[C@H](C)NC(=O)OCc1ccccc1. The maximum absolute atomic E-state index is 13.9. The number of unbranched alkanes of at least 4 members (excludes halogenated alkanes) is 20. The Kier molecular flexibility index (Phi) is 27.3. The van der Waals surface area contributed by atoms with Gasteiger partial charge in [0.25, 0.3) is 0 Å². The molecule has 0 aliphatic carbocycles. The number of hydrogen-bond donors (Lipinski definition) is 6. The van der Waals surface area contributed by atoms with Gasteiger partial charge in [0.1, 0.15) is 37.0 Å². The summed E-state index contributed by atoms with van der Waals surface area (Å²) in [5.74, 6) is -0.662. The van der Waals surface area contributed by atoms with Crippen LogP contribution in [0.4, 0.5) is 9.59 Å². The smallest absolute Gasteiger partial charge is 0.408 e. The molecule has 0 bridgehead atoms. The van der Waals surface area contributed by atoms with Crippen LogP contribution in [0.1, 0.15) is 168 Å². The van der Waals surface area contributed by atoms with Crippen LogP contribution >= 0.6 is 0 Å². The van der Waals surface area contributed by atoms with Crippen LogP contribution in [0.25, 0.3) is 0 Å². The van der Waals surface area contributed by atoms with Crippen LogP contribution in [0, 0.1) is 0 Å². The van der Waals surface area contributed by atoms with Crippen LogP contribution in [0.3, 0.4) is 0 Å². The molecule has 12 heteroatoms. The fourth-order valence-corrected chi connectivity index (χ4v) is 7.19. The van der Waals surface area contributed by atoms with Gasteiger partial charge < -0.3 is 40.7 Å². The first kappa shape index (κ1) is 49.2. The number of nitrogens with zero attached hydrogens (tertiary/aromatic N) is 1. The highest BCUT2D eigenvalue weighted by Gasteiger charge is 2.48. The third kappa shape index (κ3) is 20.5. The molecular formula is C44H78N4O8. The molecule has 0 radical (unpaired) electrons. The molecular weight excluding hydrogens is 713 g/mol. The third-order valence-corrected chi connectivity index (χ3v) is 10.8.